The van der Waals surface area contributed by atoms with Gasteiger partial charge in [0.25, 0.3) is 0 Å². The van der Waals surface area contributed by atoms with E-state index in [-0.39, 0.29) is 29.1 Å². The third-order valence-electron chi connectivity index (χ3n) is 5.11. The number of sulfonamides is 1. The number of carbonyl (C=O) groups excluding carboxylic acids is 1. The predicted molar refractivity (Wildman–Crippen MR) is 108 cm³/mol. The van der Waals surface area contributed by atoms with Crippen LogP contribution in [0.4, 0.5) is 14.5 Å². The molecule has 2 heterocycles. The third-order valence-corrected chi connectivity index (χ3v) is 7.00. The fraction of sp³-hybridized carbons (Fsp3) is 0.300. The van der Waals surface area contributed by atoms with Gasteiger partial charge in [-0.15, -0.1) is 0 Å². The lowest BCUT2D eigenvalue weighted by Gasteiger charge is -2.15. The molecule has 1 amide bonds. The molecular weight excluding hydrogens is 432 g/mol. The second-order valence-corrected chi connectivity index (χ2v) is 9.13. The van der Waals surface area contributed by atoms with Gasteiger partial charge in [-0.3, -0.25) is 9.36 Å². The number of halogens is 2. The maximum atomic E-state index is 13.3. The predicted octanol–water partition coefficient (Wildman–Crippen LogP) is 2.69. The second-order valence-electron chi connectivity index (χ2n) is 7.19. The van der Waals surface area contributed by atoms with E-state index in [4.69, 9.17) is 4.42 Å². The average molecular weight is 451 g/mol. The molecule has 0 saturated carbocycles. The fourth-order valence-electron chi connectivity index (χ4n) is 3.51. The Kier molecular flexibility index (Phi) is 5.63. The number of benzene rings is 2. The molecule has 0 unspecified atom stereocenters. The molecule has 11 heteroatoms. The molecule has 1 aliphatic heterocycles. The van der Waals surface area contributed by atoms with E-state index in [1.54, 1.807) is 0 Å². The first-order valence-electron chi connectivity index (χ1n) is 9.64. The van der Waals surface area contributed by atoms with Crippen LogP contribution in [0, 0.1) is 11.6 Å². The van der Waals surface area contributed by atoms with Crippen molar-refractivity contribution < 1.29 is 26.4 Å². The van der Waals surface area contributed by atoms with Crippen molar-refractivity contribution >= 4 is 32.7 Å². The Morgan fingerprint density at radius 1 is 1.06 bits per heavy atom. The number of amides is 1. The quantitative estimate of drug-likeness (QED) is 0.621. The molecule has 1 N–H and O–H groups in total. The molecule has 1 aliphatic rings. The van der Waals surface area contributed by atoms with Gasteiger partial charge in [-0.25, -0.2) is 22.0 Å². The van der Waals surface area contributed by atoms with Crippen LogP contribution in [-0.2, 0) is 21.4 Å². The first kappa shape index (κ1) is 21.2. The van der Waals surface area contributed by atoms with E-state index < -0.39 is 33.3 Å². The highest BCUT2D eigenvalue weighted by atomic mass is 32.2. The number of anilines is 1. The molecule has 1 fully saturated rings. The van der Waals surface area contributed by atoms with E-state index in [0.29, 0.717) is 18.6 Å². The summed E-state index contributed by atoms with van der Waals surface area (Å²) in [5, 5.41) is 2.42. The Balaban J connectivity index is 1.50. The molecule has 164 valence electrons. The molecular formula is C20H19F2N3O5S. The zero-order valence-corrected chi connectivity index (χ0v) is 17.1. The third kappa shape index (κ3) is 4.23. The van der Waals surface area contributed by atoms with Gasteiger partial charge in [-0.05, 0) is 37.1 Å². The van der Waals surface area contributed by atoms with E-state index >= 15 is 0 Å². The van der Waals surface area contributed by atoms with Gasteiger partial charge in [0.15, 0.2) is 17.2 Å². The SMILES string of the molecule is O=C(CCn1c(=O)oc2cc(S(=O)(=O)N3CCCC3)ccc21)Nc1ccc(F)c(F)c1. The van der Waals surface area contributed by atoms with Crippen molar-refractivity contribution in [2.75, 3.05) is 18.4 Å². The Morgan fingerprint density at radius 2 is 1.81 bits per heavy atom. The molecule has 0 spiro atoms. The molecule has 0 atom stereocenters. The van der Waals surface area contributed by atoms with Gasteiger partial charge in [0.1, 0.15) is 0 Å². The van der Waals surface area contributed by atoms with Crippen molar-refractivity contribution in [3.8, 4) is 0 Å². The fourth-order valence-corrected chi connectivity index (χ4v) is 5.04. The summed E-state index contributed by atoms with van der Waals surface area (Å²) in [5.41, 5.74) is 0.544. The maximum Gasteiger partial charge on any atom is 0.419 e. The number of carbonyl (C=O) groups is 1. The number of hydrogen-bond acceptors (Lipinski definition) is 5. The van der Waals surface area contributed by atoms with Gasteiger partial charge in [0.2, 0.25) is 15.9 Å². The van der Waals surface area contributed by atoms with Crippen LogP contribution in [0.25, 0.3) is 11.1 Å². The maximum absolute atomic E-state index is 13.3. The van der Waals surface area contributed by atoms with Crippen LogP contribution in [0.1, 0.15) is 19.3 Å². The summed E-state index contributed by atoms with van der Waals surface area (Å²) in [5.74, 6) is -3.36. The Morgan fingerprint density at radius 3 is 2.52 bits per heavy atom. The van der Waals surface area contributed by atoms with Gasteiger partial charge in [0, 0.05) is 43.9 Å². The zero-order chi connectivity index (χ0) is 22.2. The van der Waals surface area contributed by atoms with Crippen molar-refractivity contribution in [1.82, 2.24) is 8.87 Å². The van der Waals surface area contributed by atoms with Crippen LogP contribution in [-0.4, -0.2) is 36.3 Å². The Bertz CT molecular complexity index is 1310. The number of nitrogens with one attached hydrogen (secondary N) is 1. The van der Waals surface area contributed by atoms with E-state index in [2.05, 4.69) is 5.32 Å². The summed E-state index contributed by atoms with van der Waals surface area (Å²) in [4.78, 5) is 24.4. The van der Waals surface area contributed by atoms with Crippen molar-refractivity contribution in [3.63, 3.8) is 0 Å². The molecule has 0 aliphatic carbocycles. The van der Waals surface area contributed by atoms with Crippen LogP contribution >= 0.6 is 0 Å². The number of aryl methyl sites for hydroxylation is 1. The standard InChI is InChI=1S/C20H19F2N3O5S/c21-15-5-3-13(11-16(15)22)23-19(26)7-10-25-17-6-4-14(12-18(17)30-20(25)27)31(28,29)24-8-1-2-9-24/h3-6,11-12H,1-2,7-10H2,(H,23,26). The van der Waals surface area contributed by atoms with Gasteiger partial charge in [0.05, 0.1) is 10.4 Å². The molecule has 2 aromatic carbocycles. The van der Waals surface area contributed by atoms with E-state index in [1.165, 1.54) is 33.1 Å². The second kappa shape index (κ2) is 8.23. The minimum atomic E-state index is -3.66. The largest absolute Gasteiger partial charge is 0.419 e. The molecule has 0 bridgehead atoms. The van der Waals surface area contributed by atoms with E-state index in [0.717, 1.165) is 25.0 Å². The lowest BCUT2D eigenvalue weighted by atomic mass is 10.2. The highest BCUT2D eigenvalue weighted by Crippen LogP contribution is 2.24. The van der Waals surface area contributed by atoms with Gasteiger partial charge in [-0.2, -0.15) is 4.31 Å². The highest BCUT2D eigenvalue weighted by Gasteiger charge is 2.28. The van der Waals surface area contributed by atoms with Crippen molar-refractivity contribution in [2.24, 2.45) is 0 Å². The number of fused-ring (bicyclic) bond motifs is 1. The van der Waals surface area contributed by atoms with Gasteiger partial charge < -0.3 is 9.73 Å². The highest BCUT2D eigenvalue weighted by molar-refractivity contribution is 7.89. The topological polar surface area (TPSA) is 102 Å². The van der Waals surface area contributed by atoms with E-state index in [9.17, 15) is 26.8 Å². The zero-order valence-electron chi connectivity index (χ0n) is 16.3. The molecule has 8 nitrogen and oxygen atoms in total. The molecule has 0 radical (unpaired) electrons. The van der Waals surface area contributed by atoms with Crippen molar-refractivity contribution in [3.05, 3.63) is 58.6 Å². The molecule has 1 saturated heterocycles. The average Bonchev–Trinajstić information content (AvgIpc) is 3.37. The van der Waals surface area contributed by atoms with Crippen molar-refractivity contribution in [1.29, 1.82) is 0 Å². The van der Waals surface area contributed by atoms with Crippen molar-refractivity contribution in [2.45, 2.75) is 30.7 Å². The monoisotopic (exact) mass is 451 g/mol. The first-order chi connectivity index (χ1) is 14.8. The van der Waals surface area contributed by atoms with Crippen LogP contribution < -0.4 is 11.1 Å². The molecule has 1 aromatic heterocycles. The summed E-state index contributed by atoms with van der Waals surface area (Å²) in [6, 6.07) is 7.15. The minimum Gasteiger partial charge on any atom is -0.408 e. The molecule has 4 rings (SSSR count). The normalized spacial score (nSPS) is 14.9. The minimum absolute atomic E-state index is 0.0406. The summed E-state index contributed by atoms with van der Waals surface area (Å²) in [6.45, 7) is 0.871. The Labute approximate surface area is 176 Å². The molecule has 3 aromatic rings. The number of hydrogen-bond donors (Lipinski definition) is 1. The number of nitrogens with zero attached hydrogens (tertiary/aromatic N) is 2. The number of aromatic nitrogens is 1. The van der Waals surface area contributed by atoms with E-state index in [1.807, 2.05) is 0 Å². The van der Waals surface area contributed by atoms with Crippen LogP contribution in [0.5, 0.6) is 0 Å². The van der Waals surface area contributed by atoms with Crippen LogP contribution in [0.15, 0.2) is 50.5 Å². The van der Waals surface area contributed by atoms with Gasteiger partial charge in [-0.1, -0.05) is 0 Å². The lowest BCUT2D eigenvalue weighted by Crippen LogP contribution is -2.27. The van der Waals surface area contributed by atoms with Crippen LogP contribution in [0.2, 0.25) is 0 Å². The number of oxazole rings is 1. The summed E-state index contributed by atoms with van der Waals surface area (Å²) in [6.07, 6.45) is 1.47. The molecule has 31 heavy (non-hydrogen) atoms. The first-order valence-corrected chi connectivity index (χ1v) is 11.1. The summed E-state index contributed by atoms with van der Waals surface area (Å²) < 4.78 is 59.4. The van der Waals surface area contributed by atoms with Gasteiger partial charge >= 0.3 is 5.76 Å². The summed E-state index contributed by atoms with van der Waals surface area (Å²) >= 11 is 0. The van der Waals surface area contributed by atoms with Crippen LogP contribution in [0.3, 0.4) is 0 Å². The Hall–Kier alpha value is -3.05. The smallest absolute Gasteiger partial charge is 0.408 e. The summed E-state index contributed by atoms with van der Waals surface area (Å²) in [7, 11) is -3.66. The number of rotatable bonds is 6. The lowest BCUT2D eigenvalue weighted by molar-refractivity contribution is -0.116.